The molecule has 172 valence electrons. The fourth-order valence-corrected chi connectivity index (χ4v) is 5.51. The van der Waals surface area contributed by atoms with Crippen molar-refractivity contribution in [1.29, 1.82) is 0 Å². The normalized spacial score (nSPS) is 16.8. The Labute approximate surface area is 205 Å². The van der Waals surface area contributed by atoms with Gasteiger partial charge in [-0.15, -0.1) is 23.1 Å². The van der Waals surface area contributed by atoms with E-state index in [1.807, 2.05) is 66.0 Å². The van der Waals surface area contributed by atoms with E-state index in [9.17, 15) is 4.79 Å². The summed E-state index contributed by atoms with van der Waals surface area (Å²) in [6, 6.07) is 21.4. The minimum Gasteiger partial charge on any atom is -0.399 e. The predicted octanol–water partition coefficient (Wildman–Crippen LogP) is 5.68. The van der Waals surface area contributed by atoms with Crippen molar-refractivity contribution in [2.45, 2.75) is 22.4 Å². The van der Waals surface area contributed by atoms with Gasteiger partial charge < -0.3 is 14.3 Å². The van der Waals surface area contributed by atoms with Crippen LogP contribution in [0.4, 0.5) is 0 Å². The number of rotatable bonds is 7. The van der Waals surface area contributed by atoms with Crippen molar-refractivity contribution in [2.24, 2.45) is 5.16 Å². The van der Waals surface area contributed by atoms with Gasteiger partial charge in [-0.2, -0.15) is 4.98 Å². The third-order valence-corrected chi connectivity index (χ3v) is 7.61. The van der Waals surface area contributed by atoms with E-state index in [-0.39, 0.29) is 11.9 Å². The summed E-state index contributed by atoms with van der Waals surface area (Å²) in [5.74, 6) is 1.51. The molecule has 3 heterocycles. The molecule has 1 aliphatic heterocycles. The van der Waals surface area contributed by atoms with Crippen molar-refractivity contribution >= 4 is 34.7 Å². The van der Waals surface area contributed by atoms with Gasteiger partial charge in [0, 0.05) is 12.0 Å². The fourth-order valence-electron chi connectivity index (χ4n) is 3.88. The summed E-state index contributed by atoms with van der Waals surface area (Å²) in [6.07, 6.45) is 0.487. The molecule has 5 rings (SSSR count). The number of oxime groups is 1. The van der Waals surface area contributed by atoms with Gasteiger partial charge in [-0.1, -0.05) is 58.8 Å². The molecule has 1 saturated heterocycles. The molecule has 7 nitrogen and oxygen atoms in total. The van der Waals surface area contributed by atoms with Crippen molar-refractivity contribution in [3.05, 3.63) is 89.4 Å². The molecule has 1 atom stereocenters. The maximum atomic E-state index is 13.5. The third kappa shape index (κ3) is 4.90. The van der Waals surface area contributed by atoms with Crippen molar-refractivity contribution in [2.75, 3.05) is 13.7 Å². The Hall–Kier alpha value is -3.43. The smallest absolute Gasteiger partial charge is 0.254 e. The summed E-state index contributed by atoms with van der Waals surface area (Å²) >= 11 is 3.33. The largest absolute Gasteiger partial charge is 0.399 e. The van der Waals surface area contributed by atoms with E-state index < -0.39 is 0 Å². The number of carbonyl (C=O) groups is 1. The number of amides is 1. The Bertz CT molecular complexity index is 1270. The summed E-state index contributed by atoms with van der Waals surface area (Å²) in [6.45, 7) is 0.347. The van der Waals surface area contributed by atoms with Crippen LogP contribution in [0.3, 0.4) is 0 Å². The van der Waals surface area contributed by atoms with Crippen LogP contribution in [0.2, 0.25) is 0 Å². The van der Waals surface area contributed by atoms with Crippen LogP contribution in [-0.2, 0) is 10.6 Å². The first kappa shape index (κ1) is 22.4. The van der Waals surface area contributed by atoms with Gasteiger partial charge in [-0.3, -0.25) is 4.79 Å². The number of benzene rings is 2. The average molecular weight is 491 g/mol. The number of likely N-dealkylation sites (tertiary alicyclic amines) is 1. The van der Waals surface area contributed by atoms with Gasteiger partial charge in [0.2, 0.25) is 5.89 Å². The standard InChI is InChI=1S/C25H22N4O3S2/c1-31-27-20-14-21(24-26-22(28-32-24)16-34-23-8-5-13-33-23)29(15-20)25(30)19-11-9-18(10-12-19)17-6-3-2-4-7-17/h2-13,21H,14-16H2,1H3. The lowest BCUT2D eigenvalue weighted by Gasteiger charge is -2.21. The first-order valence-electron chi connectivity index (χ1n) is 10.8. The van der Waals surface area contributed by atoms with Crippen LogP contribution in [0.5, 0.6) is 0 Å². The molecule has 34 heavy (non-hydrogen) atoms. The Morgan fingerprint density at radius 3 is 2.68 bits per heavy atom. The van der Waals surface area contributed by atoms with Gasteiger partial charge in [0.15, 0.2) is 5.82 Å². The lowest BCUT2D eigenvalue weighted by atomic mass is 10.0. The summed E-state index contributed by atoms with van der Waals surface area (Å²) in [7, 11) is 1.50. The van der Waals surface area contributed by atoms with Gasteiger partial charge >= 0.3 is 0 Å². The molecule has 0 radical (unpaired) electrons. The number of hydrogen-bond acceptors (Lipinski definition) is 8. The van der Waals surface area contributed by atoms with E-state index in [1.165, 1.54) is 11.3 Å². The highest BCUT2D eigenvalue weighted by Gasteiger charge is 2.38. The van der Waals surface area contributed by atoms with E-state index in [1.54, 1.807) is 28.0 Å². The molecule has 2 aromatic carbocycles. The zero-order chi connectivity index (χ0) is 23.3. The number of thiophene rings is 1. The summed E-state index contributed by atoms with van der Waals surface area (Å²) in [5.41, 5.74) is 3.52. The highest BCUT2D eigenvalue weighted by Crippen LogP contribution is 2.33. The van der Waals surface area contributed by atoms with Crippen molar-refractivity contribution in [3.8, 4) is 11.1 Å². The van der Waals surface area contributed by atoms with Crippen molar-refractivity contribution < 1.29 is 14.2 Å². The van der Waals surface area contributed by atoms with Crippen molar-refractivity contribution in [3.63, 3.8) is 0 Å². The van der Waals surface area contributed by atoms with Crippen LogP contribution < -0.4 is 0 Å². The topological polar surface area (TPSA) is 80.8 Å². The third-order valence-electron chi connectivity index (χ3n) is 5.49. The van der Waals surface area contributed by atoms with Gasteiger partial charge in [0.05, 0.1) is 22.2 Å². The average Bonchev–Trinajstić information content (AvgIpc) is 3.64. The molecule has 0 aliphatic carbocycles. The quantitative estimate of drug-likeness (QED) is 0.245. The van der Waals surface area contributed by atoms with Crippen LogP contribution >= 0.6 is 23.1 Å². The second kappa shape index (κ2) is 10.2. The number of nitrogens with zero attached hydrogens (tertiary/aromatic N) is 4. The van der Waals surface area contributed by atoms with E-state index in [0.29, 0.717) is 36.0 Å². The Morgan fingerprint density at radius 1 is 1.15 bits per heavy atom. The second-order valence-electron chi connectivity index (χ2n) is 7.71. The van der Waals surface area contributed by atoms with E-state index in [4.69, 9.17) is 9.36 Å². The first-order valence-corrected chi connectivity index (χ1v) is 12.6. The molecule has 0 bridgehead atoms. The van der Waals surface area contributed by atoms with Crippen LogP contribution in [0, 0.1) is 0 Å². The second-order valence-corrected chi connectivity index (χ2v) is 9.93. The Balaban J connectivity index is 1.35. The van der Waals surface area contributed by atoms with E-state index in [0.717, 1.165) is 16.8 Å². The van der Waals surface area contributed by atoms with Crippen LogP contribution in [0.25, 0.3) is 11.1 Å². The monoisotopic (exact) mass is 490 g/mol. The molecular formula is C25H22N4O3S2. The van der Waals surface area contributed by atoms with Crippen LogP contribution in [0.15, 0.2) is 86.0 Å². The van der Waals surface area contributed by atoms with Crippen molar-refractivity contribution in [1.82, 2.24) is 15.0 Å². The van der Waals surface area contributed by atoms with Crippen LogP contribution in [-0.4, -0.2) is 40.3 Å². The summed E-state index contributed by atoms with van der Waals surface area (Å²) in [5, 5.41) is 10.3. The van der Waals surface area contributed by atoms with Crippen LogP contribution in [0.1, 0.15) is 34.5 Å². The maximum Gasteiger partial charge on any atom is 0.254 e. The van der Waals surface area contributed by atoms with Gasteiger partial charge in [0.1, 0.15) is 13.2 Å². The zero-order valence-corrected chi connectivity index (χ0v) is 20.1. The summed E-state index contributed by atoms with van der Waals surface area (Å²) in [4.78, 5) is 24.7. The molecule has 9 heteroatoms. The SMILES string of the molecule is CON=C1CC(c2nc(CSc3cccs3)no2)N(C(=O)c2ccc(-c3ccccc3)cc2)C1. The number of hydrogen-bond donors (Lipinski definition) is 0. The number of carbonyl (C=O) groups excluding carboxylic acids is 1. The first-order chi connectivity index (χ1) is 16.7. The zero-order valence-electron chi connectivity index (χ0n) is 18.5. The highest BCUT2D eigenvalue weighted by molar-refractivity contribution is 8.00. The molecule has 0 N–H and O–H groups in total. The van der Waals surface area contributed by atoms with Gasteiger partial charge in [-0.25, -0.2) is 0 Å². The molecule has 1 fully saturated rings. The Morgan fingerprint density at radius 2 is 1.94 bits per heavy atom. The number of thioether (sulfide) groups is 1. The molecule has 0 spiro atoms. The minimum absolute atomic E-state index is 0.112. The molecule has 1 aliphatic rings. The lowest BCUT2D eigenvalue weighted by molar-refractivity contribution is 0.0713. The summed E-state index contributed by atoms with van der Waals surface area (Å²) < 4.78 is 6.77. The minimum atomic E-state index is -0.386. The van der Waals surface area contributed by atoms with E-state index in [2.05, 4.69) is 21.4 Å². The van der Waals surface area contributed by atoms with E-state index >= 15 is 0 Å². The predicted molar refractivity (Wildman–Crippen MR) is 133 cm³/mol. The van der Waals surface area contributed by atoms with Gasteiger partial charge in [0.25, 0.3) is 5.91 Å². The maximum absolute atomic E-state index is 13.5. The molecule has 2 aromatic heterocycles. The molecule has 4 aromatic rings. The Kier molecular flexibility index (Phi) is 6.73. The lowest BCUT2D eigenvalue weighted by Crippen LogP contribution is -2.31. The number of aromatic nitrogens is 2. The molecule has 0 saturated carbocycles. The molecule has 1 amide bonds. The highest BCUT2D eigenvalue weighted by atomic mass is 32.2. The fraction of sp³-hybridized carbons (Fsp3) is 0.200. The molecule has 1 unspecified atom stereocenters. The van der Waals surface area contributed by atoms with Gasteiger partial charge in [-0.05, 0) is 34.7 Å². The molecular weight excluding hydrogens is 468 g/mol.